The molecule has 1 aliphatic heterocycles. The molecule has 7 amide bonds. The Morgan fingerprint density at radius 1 is 1.04 bits per heavy atom. The van der Waals surface area contributed by atoms with Crippen molar-refractivity contribution in [2.75, 3.05) is 13.1 Å². The van der Waals surface area contributed by atoms with E-state index in [0.717, 1.165) is 37.0 Å². The molecule has 1 saturated carbocycles. The lowest BCUT2D eigenvalue weighted by Gasteiger charge is -2.22. The average Bonchev–Trinajstić information content (AvgIpc) is 2.71. The molecule has 0 aromatic rings. The van der Waals surface area contributed by atoms with Crippen molar-refractivity contribution >= 4 is 29.8 Å². The smallest absolute Gasteiger partial charge is 0.334 e. The fourth-order valence-electron chi connectivity index (χ4n) is 2.75. The van der Waals surface area contributed by atoms with Gasteiger partial charge in [-0.15, -0.1) is 0 Å². The molecule has 2 rings (SSSR count). The van der Waals surface area contributed by atoms with Crippen molar-refractivity contribution in [1.29, 1.82) is 0 Å². The summed E-state index contributed by atoms with van der Waals surface area (Å²) in [4.78, 5) is 59.8. The van der Waals surface area contributed by atoms with Gasteiger partial charge in [0.1, 0.15) is 6.54 Å². The summed E-state index contributed by atoms with van der Waals surface area (Å²) in [5, 5.41) is 4.77. The second-order valence-corrected chi connectivity index (χ2v) is 5.58. The molecule has 1 saturated heterocycles. The van der Waals surface area contributed by atoms with Crippen molar-refractivity contribution < 1.29 is 24.0 Å². The first-order valence-electron chi connectivity index (χ1n) is 7.71. The van der Waals surface area contributed by atoms with Gasteiger partial charge in [0, 0.05) is 12.6 Å². The minimum absolute atomic E-state index is 0.0313. The Kier molecular flexibility index (Phi) is 5.30. The van der Waals surface area contributed by atoms with E-state index in [9.17, 15) is 24.0 Å². The highest BCUT2D eigenvalue weighted by Gasteiger charge is 2.44. The maximum atomic E-state index is 11.8. The van der Waals surface area contributed by atoms with Crippen LogP contribution in [0.15, 0.2) is 0 Å². The predicted molar refractivity (Wildman–Crippen MR) is 78.0 cm³/mol. The fourth-order valence-corrected chi connectivity index (χ4v) is 2.75. The predicted octanol–water partition coefficient (Wildman–Crippen LogP) is -0.0444. The topological polar surface area (TPSA) is 116 Å². The molecule has 0 aromatic carbocycles. The van der Waals surface area contributed by atoms with Gasteiger partial charge in [0.15, 0.2) is 0 Å². The van der Waals surface area contributed by atoms with Crippen molar-refractivity contribution in [2.24, 2.45) is 0 Å². The Labute approximate surface area is 133 Å². The van der Waals surface area contributed by atoms with Crippen LogP contribution in [0.2, 0.25) is 0 Å². The monoisotopic (exact) mass is 324 g/mol. The molecule has 0 unspecified atom stereocenters. The van der Waals surface area contributed by atoms with Gasteiger partial charge in [0.05, 0.1) is 0 Å². The Hall–Kier alpha value is -2.45. The molecule has 0 radical (unpaired) electrons. The zero-order chi connectivity index (χ0) is 17.0. The number of carbonyl (C=O) groups excluding carboxylic acids is 5. The third-order valence-electron chi connectivity index (χ3n) is 3.95. The van der Waals surface area contributed by atoms with Crippen LogP contribution in [0.3, 0.4) is 0 Å². The van der Waals surface area contributed by atoms with Crippen molar-refractivity contribution in [3.63, 3.8) is 0 Å². The third kappa shape index (κ3) is 3.85. The average molecular weight is 324 g/mol. The molecule has 2 N–H and O–H groups in total. The van der Waals surface area contributed by atoms with Crippen LogP contribution < -0.4 is 10.6 Å². The van der Waals surface area contributed by atoms with Gasteiger partial charge >= 0.3 is 23.9 Å². The number of nitrogens with zero attached hydrogens (tertiary/aromatic N) is 2. The van der Waals surface area contributed by atoms with Crippen LogP contribution in [0.1, 0.15) is 39.0 Å². The maximum Gasteiger partial charge on any atom is 0.334 e. The number of rotatable bonds is 4. The van der Waals surface area contributed by atoms with E-state index in [1.165, 1.54) is 0 Å². The number of imide groups is 3. The molecule has 0 spiro atoms. The molecule has 1 aliphatic carbocycles. The van der Waals surface area contributed by atoms with Crippen LogP contribution >= 0.6 is 0 Å². The molecule has 0 atom stereocenters. The normalized spacial score (nSPS) is 19.3. The van der Waals surface area contributed by atoms with E-state index in [4.69, 9.17) is 0 Å². The summed E-state index contributed by atoms with van der Waals surface area (Å²) in [6.45, 7) is 0.936. The zero-order valence-electron chi connectivity index (χ0n) is 13.0. The standard InChI is InChI=1S/C14H20N4O5/c1-2-17-11(20)12(21)18(14(17)23)8-10(19)16-13(22)15-9-6-4-3-5-7-9/h9H,2-8H2,1H3,(H2,15,16,19,22). The molecule has 23 heavy (non-hydrogen) atoms. The first kappa shape index (κ1) is 16.9. The summed E-state index contributed by atoms with van der Waals surface area (Å²) in [7, 11) is 0. The lowest BCUT2D eigenvalue weighted by Crippen LogP contribution is -2.49. The minimum atomic E-state index is -1.06. The van der Waals surface area contributed by atoms with Crippen molar-refractivity contribution in [3.8, 4) is 0 Å². The van der Waals surface area contributed by atoms with Crippen LogP contribution in [-0.4, -0.2) is 58.7 Å². The van der Waals surface area contributed by atoms with E-state index in [1.54, 1.807) is 6.92 Å². The molecule has 9 heteroatoms. The summed E-state index contributed by atoms with van der Waals surface area (Å²) in [5.74, 6) is -2.83. The number of carbonyl (C=O) groups is 5. The van der Waals surface area contributed by atoms with Gasteiger partial charge in [-0.2, -0.15) is 0 Å². The number of urea groups is 2. The highest BCUT2D eigenvalue weighted by Crippen LogP contribution is 2.17. The van der Waals surface area contributed by atoms with E-state index < -0.39 is 36.3 Å². The Morgan fingerprint density at radius 2 is 1.65 bits per heavy atom. The molecule has 2 fully saturated rings. The van der Waals surface area contributed by atoms with Crippen molar-refractivity contribution in [2.45, 2.75) is 45.1 Å². The third-order valence-corrected chi connectivity index (χ3v) is 3.95. The molecular formula is C14H20N4O5. The van der Waals surface area contributed by atoms with Crippen LogP contribution in [0.4, 0.5) is 9.59 Å². The maximum absolute atomic E-state index is 11.8. The molecule has 1 heterocycles. The number of nitrogens with one attached hydrogen (secondary N) is 2. The Balaban J connectivity index is 1.84. The summed E-state index contributed by atoms with van der Waals surface area (Å²) in [6, 6.07) is -1.46. The van der Waals surface area contributed by atoms with E-state index in [2.05, 4.69) is 10.6 Å². The quantitative estimate of drug-likeness (QED) is 0.556. The Morgan fingerprint density at radius 3 is 2.22 bits per heavy atom. The molecule has 126 valence electrons. The largest absolute Gasteiger partial charge is 0.335 e. The second-order valence-electron chi connectivity index (χ2n) is 5.58. The molecular weight excluding hydrogens is 304 g/mol. The van der Waals surface area contributed by atoms with Gasteiger partial charge in [0.25, 0.3) is 0 Å². The van der Waals surface area contributed by atoms with E-state index in [0.29, 0.717) is 4.90 Å². The molecule has 2 aliphatic rings. The number of hydrogen-bond acceptors (Lipinski definition) is 5. The first-order chi connectivity index (χ1) is 10.9. The highest BCUT2D eigenvalue weighted by atomic mass is 16.2. The highest BCUT2D eigenvalue weighted by molar-refractivity contribution is 6.45. The number of likely N-dealkylation sites (N-methyl/N-ethyl adjacent to an activating group) is 1. The number of amides is 7. The van der Waals surface area contributed by atoms with Crippen LogP contribution in [0.5, 0.6) is 0 Å². The van der Waals surface area contributed by atoms with Gasteiger partial charge in [0.2, 0.25) is 5.91 Å². The number of hydrogen-bond donors (Lipinski definition) is 2. The first-order valence-corrected chi connectivity index (χ1v) is 7.71. The van der Waals surface area contributed by atoms with E-state index in [-0.39, 0.29) is 12.6 Å². The van der Waals surface area contributed by atoms with Gasteiger partial charge in [-0.05, 0) is 19.8 Å². The zero-order valence-corrected chi connectivity index (χ0v) is 13.0. The van der Waals surface area contributed by atoms with Gasteiger partial charge in [-0.3, -0.25) is 24.6 Å². The van der Waals surface area contributed by atoms with Crippen LogP contribution in [-0.2, 0) is 14.4 Å². The van der Waals surface area contributed by atoms with Crippen LogP contribution in [0.25, 0.3) is 0 Å². The SMILES string of the molecule is CCN1C(=O)C(=O)N(CC(=O)NC(=O)NC2CCCCC2)C1=O. The van der Waals surface area contributed by atoms with Crippen molar-refractivity contribution in [3.05, 3.63) is 0 Å². The molecule has 0 aromatic heterocycles. The summed E-state index contributed by atoms with van der Waals surface area (Å²) < 4.78 is 0. The summed E-state index contributed by atoms with van der Waals surface area (Å²) in [6.07, 6.45) is 4.94. The van der Waals surface area contributed by atoms with Gasteiger partial charge < -0.3 is 5.32 Å². The van der Waals surface area contributed by atoms with Gasteiger partial charge in [-0.1, -0.05) is 19.3 Å². The van der Waals surface area contributed by atoms with E-state index in [1.807, 2.05) is 0 Å². The van der Waals surface area contributed by atoms with Crippen LogP contribution in [0, 0.1) is 0 Å². The lowest BCUT2D eigenvalue weighted by atomic mass is 9.96. The van der Waals surface area contributed by atoms with Gasteiger partial charge in [-0.25, -0.2) is 14.5 Å². The minimum Gasteiger partial charge on any atom is -0.335 e. The molecule has 9 nitrogen and oxygen atoms in total. The second kappa shape index (κ2) is 7.21. The summed E-state index contributed by atoms with van der Waals surface area (Å²) in [5.41, 5.74) is 0. The lowest BCUT2D eigenvalue weighted by molar-refractivity contribution is -0.143. The Bertz CT molecular complexity index is 541. The molecule has 0 bridgehead atoms. The fraction of sp³-hybridized carbons (Fsp3) is 0.643. The van der Waals surface area contributed by atoms with Crippen molar-refractivity contribution in [1.82, 2.24) is 20.4 Å². The summed E-state index contributed by atoms with van der Waals surface area (Å²) >= 11 is 0. The van der Waals surface area contributed by atoms with E-state index >= 15 is 0 Å².